The molecule has 23 heavy (non-hydrogen) atoms. The molecule has 0 radical (unpaired) electrons. The summed E-state index contributed by atoms with van der Waals surface area (Å²) < 4.78 is 5.15. The Bertz CT molecular complexity index is 481. The predicted molar refractivity (Wildman–Crippen MR) is 90.0 cm³/mol. The molecule has 0 heterocycles. The van der Waals surface area contributed by atoms with Gasteiger partial charge in [-0.1, -0.05) is 20.8 Å². The van der Waals surface area contributed by atoms with Crippen molar-refractivity contribution in [1.29, 1.82) is 0 Å². The maximum atomic E-state index is 12.2. The van der Waals surface area contributed by atoms with Gasteiger partial charge in [-0.2, -0.15) is 0 Å². The normalized spacial score (nSPS) is 31.7. The first-order valence-electron chi connectivity index (χ1n) is 8.72. The fourth-order valence-corrected chi connectivity index (χ4v) is 4.28. The van der Waals surface area contributed by atoms with E-state index in [4.69, 9.17) is 4.74 Å². The first-order valence-corrected chi connectivity index (χ1v) is 8.72. The van der Waals surface area contributed by atoms with Gasteiger partial charge in [0.25, 0.3) is 0 Å². The van der Waals surface area contributed by atoms with Gasteiger partial charge in [0.05, 0.1) is 0 Å². The van der Waals surface area contributed by atoms with Crippen LogP contribution in [-0.4, -0.2) is 30.2 Å². The Balaban J connectivity index is 1.75. The molecule has 0 saturated heterocycles. The average Bonchev–Trinajstić information content (AvgIpc) is 2.69. The molecule has 2 aliphatic rings. The first kappa shape index (κ1) is 18.1. The Morgan fingerprint density at radius 3 is 2.35 bits per heavy atom. The van der Waals surface area contributed by atoms with E-state index in [1.165, 1.54) is 12.8 Å². The van der Waals surface area contributed by atoms with E-state index in [9.17, 15) is 9.59 Å². The zero-order valence-corrected chi connectivity index (χ0v) is 15.4. The molecule has 0 aromatic carbocycles. The number of hydrogen-bond acceptors (Lipinski definition) is 3. The van der Waals surface area contributed by atoms with Crippen LogP contribution in [0.15, 0.2) is 0 Å². The summed E-state index contributed by atoms with van der Waals surface area (Å²) in [6, 6.07) is 0.255. The second-order valence-corrected chi connectivity index (χ2v) is 8.91. The number of hydrogen-bond donors (Lipinski definition) is 2. The van der Waals surface area contributed by atoms with E-state index in [1.807, 2.05) is 20.8 Å². The van der Waals surface area contributed by atoms with Gasteiger partial charge in [-0.25, -0.2) is 4.79 Å². The summed E-state index contributed by atoms with van der Waals surface area (Å²) in [4.78, 5) is 23.8. The third-order valence-electron chi connectivity index (χ3n) is 6.15. The van der Waals surface area contributed by atoms with Crippen molar-refractivity contribution >= 4 is 12.0 Å². The number of rotatable bonds is 4. The minimum atomic E-state index is -0.518. The Morgan fingerprint density at radius 1 is 1.22 bits per heavy atom. The molecule has 3 unspecified atom stereocenters. The summed E-state index contributed by atoms with van der Waals surface area (Å²) in [5, 5.41) is 5.83. The SMILES string of the molecule is CC(C)(C)OC(=O)NCCC(=O)NC1CC2CCC1(C)C2(C)C. The maximum absolute atomic E-state index is 12.2. The van der Waals surface area contributed by atoms with Gasteiger partial charge in [0, 0.05) is 19.0 Å². The first-order chi connectivity index (χ1) is 10.5. The van der Waals surface area contributed by atoms with Gasteiger partial charge in [-0.3, -0.25) is 4.79 Å². The molecule has 0 aromatic heterocycles. The predicted octanol–water partition coefficient (Wildman–Crippen LogP) is 3.23. The van der Waals surface area contributed by atoms with Crippen molar-refractivity contribution in [2.45, 2.75) is 78.9 Å². The molecule has 5 nitrogen and oxygen atoms in total. The Labute approximate surface area is 139 Å². The van der Waals surface area contributed by atoms with Crippen molar-refractivity contribution in [2.24, 2.45) is 16.7 Å². The lowest BCUT2D eigenvalue weighted by Crippen LogP contribution is -2.47. The van der Waals surface area contributed by atoms with Gasteiger partial charge in [0.2, 0.25) is 5.91 Å². The van der Waals surface area contributed by atoms with Crippen LogP contribution in [0.25, 0.3) is 0 Å². The molecular weight excluding hydrogens is 292 g/mol. The standard InChI is InChI=1S/C18H32N2O3/c1-16(2,3)23-15(22)19-10-8-14(21)20-13-11-12-7-9-18(13,6)17(12,4)5/h12-13H,7-11H2,1-6H3,(H,19,22)(H,20,21). The second kappa shape index (κ2) is 5.99. The monoisotopic (exact) mass is 324 g/mol. The highest BCUT2D eigenvalue weighted by atomic mass is 16.6. The van der Waals surface area contributed by atoms with Crippen molar-refractivity contribution in [3.63, 3.8) is 0 Å². The molecule has 2 fully saturated rings. The average molecular weight is 324 g/mol. The molecule has 2 N–H and O–H groups in total. The second-order valence-electron chi connectivity index (χ2n) is 8.91. The van der Waals surface area contributed by atoms with E-state index in [-0.39, 0.29) is 23.8 Å². The number of fused-ring (bicyclic) bond motifs is 2. The number of amides is 2. The Morgan fingerprint density at radius 2 is 1.87 bits per heavy atom. The number of carbonyl (C=O) groups is 2. The van der Waals surface area contributed by atoms with Crippen molar-refractivity contribution < 1.29 is 14.3 Å². The molecule has 5 heteroatoms. The fraction of sp³-hybridized carbons (Fsp3) is 0.889. The third-order valence-corrected chi connectivity index (χ3v) is 6.15. The molecule has 0 spiro atoms. The van der Waals surface area contributed by atoms with Gasteiger partial charge < -0.3 is 15.4 Å². The Hall–Kier alpha value is -1.26. The summed E-state index contributed by atoms with van der Waals surface area (Å²) >= 11 is 0. The van der Waals surface area contributed by atoms with E-state index in [1.54, 1.807) is 0 Å². The van der Waals surface area contributed by atoms with E-state index < -0.39 is 11.7 Å². The maximum Gasteiger partial charge on any atom is 0.407 e. The zero-order valence-electron chi connectivity index (χ0n) is 15.4. The summed E-state index contributed by atoms with van der Waals surface area (Å²) in [5.74, 6) is 0.716. The smallest absolute Gasteiger partial charge is 0.407 e. The van der Waals surface area contributed by atoms with Crippen molar-refractivity contribution in [1.82, 2.24) is 10.6 Å². The molecule has 2 aliphatic carbocycles. The molecule has 2 amide bonds. The minimum absolute atomic E-state index is 0.00985. The molecule has 132 valence electrons. The largest absolute Gasteiger partial charge is 0.444 e. The van der Waals surface area contributed by atoms with Crippen LogP contribution in [0.2, 0.25) is 0 Å². The number of nitrogens with one attached hydrogen (secondary N) is 2. The van der Waals surface area contributed by atoms with Gasteiger partial charge in [0.15, 0.2) is 0 Å². The topological polar surface area (TPSA) is 67.4 Å². The molecule has 2 saturated carbocycles. The lowest BCUT2D eigenvalue weighted by atomic mass is 9.69. The highest BCUT2D eigenvalue weighted by Crippen LogP contribution is 2.65. The minimum Gasteiger partial charge on any atom is -0.444 e. The van der Waals surface area contributed by atoms with E-state index in [0.29, 0.717) is 17.9 Å². The van der Waals surface area contributed by atoms with Gasteiger partial charge in [0.1, 0.15) is 5.60 Å². The van der Waals surface area contributed by atoms with Gasteiger partial charge in [-0.05, 0) is 56.8 Å². The van der Waals surface area contributed by atoms with E-state index in [0.717, 1.165) is 6.42 Å². The molecule has 2 rings (SSSR count). The van der Waals surface area contributed by atoms with Crippen molar-refractivity contribution in [2.75, 3.05) is 6.54 Å². The highest BCUT2D eigenvalue weighted by Gasteiger charge is 2.61. The lowest BCUT2D eigenvalue weighted by Gasteiger charge is -2.39. The van der Waals surface area contributed by atoms with Crippen LogP contribution in [0.4, 0.5) is 4.79 Å². The molecule has 0 aromatic rings. The number of ether oxygens (including phenoxy) is 1. The summed E-state index contributed by atoms with van der Waals surface area (Å²) in [6.07, 6.45) is 3.35. The van der Waals surface area contributed by atoms with E-state index in [2.05, 4.69) is 31.4 Å². The molecular formula is C18H32N2O3. The quantitative estimate of drug-likeness (QED) is 0.834. The number of carbonyl (C=O) groups excluding carboxylic acids is 2. The van der Waals surface area contributed by atoms with Crippen LogP contribution in [-0.2, 0) is 9.53 Å². The summed E-state index contributed by atoms with van der Waals surface area (Å²) in [7, 11) is 0. The van der Waals surface area contributed by atoms with Crippen LogP contribution in [0.5, 0.6) is 0 Å². The van der Waals surface area contributed by atoms with Crippen LogP contribution in [0, 0.1) is 16.7 Å². The van der Waals surface area contributed by atoms with Crippen LogP contribution in [0.1, 0.15) is 67.2 Å². The van der Waals surface area contributed by atoms with Crippen LogP contribution in [0.3, 0.4) is 0 Å². The molecule has 3 atom stereocenters. The molecule has 0 aliphatic heterocycles. The van der Waals surface area contributed by atoms with Crippen molar-refractivity contribution in [3.8, 4) is 0 Å². The Kier molecular flexibility index (Phi) is 4.71. The third kappa shape index (κ3) is 3.64. The van der Waals surface area contributed by atoms with Crippen LogP contribution >= 0.6 is 0 Å². The van der Waals surface area contributed by atoms with Crippen molar-refractivity contribution in [3.05, 3.63) is 0 Å². The summed E-state index contributed by atoms with van der Waals surface area (Å²) in [6.45, 7) is 12.7. The molecule has 2 bridgehead atoms. The highest BCUT2D eigenvalue weighted by molar-refractivity contribution is 5.77. The lowest BCUT2D eigenvalue weighted by molar-refractivity contribution is -0.122. The zero-order chi connectivity index (χ0) is 17.5. The van der Waals surface area contributed by atoms with Gasteiger partial charge in [-0.15, -0.1) is 0 Å². The van der Waals surface area contributed by atoms with Gasteiger partial charge >= 0.3 is 6.09 Å². The summed E-state index contributed by atoms with van der Waals surface area (Å²) in [5.41, 5.74) is -0.0404. The van der Waals surface area contributed by atoms with E-state index >= 15 is 0 Å². The van der Waals surface area contributed by atoms with Crippen LogP contribution < -0.4 is 10.6 Å². The number of alkyl carbamates (subject to hydrolysis) is 1. The fourth-order valence-electron chi connectivity index (χ4n) is 4.28.